The van der Waals surface area contributed by atoms with Gasteiger partial charge in [0.15, 0.2) is 0 Å². The third-order valence-corrected chi connectivity index (χ3v) is 5.75. The molecule has 138 valence electrons. The van der Waals surface area contributed by atoms with Crippen molar-refractivity contribution in [3.63, 3.8) is 0 Å². The van der Waals surface area contributed by atoms with E-state index in [0.717, 1.165) is 43.6 Å². The Hall–Kier alpha value is -0.360. The van der Waals surface area contributed by atoms with Crippen LogP contribution in [0.5, 0.6) is 0 Å². The number of thiocyanates is 2. The monoisotopic (exact) mass is 370 g/mol. The van der Waals surface area contributed by atoms with Crippen LogP contribution < -0.4 is 0 Å². The first-order chi connectivity index (χ1) is 11.7. The first kappa shape index (κ1) is 23.6. The average Bonchev–Trinajstić information content (AvgIpc) is 2.58. The SMILES string of the molecule is C[C@H](CCCCCC(O)CCCCCCCCSC#N)CSC#N. The molecule has 0 aliphatic carbocycles. The minimum Gasteiger partial charge on any atom is -0.393 e. The topological polar surface area (TPSA) is 67.8 Å². The summed E-state index contributed by atoms with van der Waals surface area (Å²) in [6.07, 6.45) is 13.7. The summed E-state index contributed by atoms with van der Waals surface area (Å²) in [7, 11) is 0. The summed E-state index contributed by atoms with van der Waals surface area (Å²) in [6, 6.07) is 0. The molecule has 0 rings (SSSR count). The molecule has 2 atom stereocenters. The van der Waals surface area contributed by atoms with Crippen molar-refractivity contribution in [2.24, 2.45) is 5.92 Å². The van der Waals surface area contributed by atoms with Gasteiger partial charge in [0.1, 0.15) is 10.8 Å². The molecule has 1 unspecified atom stereocenters. The predicted octanol–water partition coefficient (Wildman–Crippen LogP) is 6.09. The predicted molar refractivity (Wildman–Crippen MR) is 107 cm³/mol. The van der Waals surface area contributed by atoms with Gasteiger partial charge in [0.2, 0.25) is 0 Å². The summed E-state index contributed by atoms with van der Waals surface area (Å²) >= 11 is 2.71. The number of hydrogen-bond donors (Lipinski definition) is 1. The molecule has 0 aromatic rings. The summed E-state index contributed by atoms with van der Waals surface area (Å²) in [6.45, 7) is 2.21. The molecular weight excluding hydrogens is 336 g/mol. The molecule has 0 saturated carbocycles. The third-order valence-electron chi connectivity index (χ3n) is 4.26. The van der Waals surface area contributed by atoms with Gasteiger partial charge >= 0.3 is 0 Å². The van der Waals surface area contributed by atoms with Gasteiger partial charge in [-0.2, -0.15) is 10.5 Å². The van der Waals surface area contributed by atoms with Gasteiger partial charge in [-0.1, -0.05) is 58.3 Å². The fraction of sp³-hybridized carbons (Fsp3) is 0.895. The highest BCUT2D eigenvalue weighted by atomic mass is 32.2. The van der Waals surface area contributed by atoms with Crippen LogP contribution in [0.25, 0.3) is 0 Å². The second-order valence-electron chi connectivity index (χ2n) is 6.65. The second kappa shape index (κ2) is 19.0. The Balaban J connectivity index is 3.25. The van der Waals surface area contributed by atoms with E-state index in [4.69, 9.17) is 10.5 Å². The zero-order valence-electron chi connectivity index (χ0n) is 15.2. The number of nitrogens with zero attached hydrogens (tertiary/aromatic N) is 2. The molecule has 0 aromatic heterocycles. The van der Waals surface area contributed by atoms with E-state index in [1.807, 2.05) is 0 Å². The van der Waals surface area contributed by atoms with Gasteiger partial charge in [0.25, 0.3) is 0 Å². The fourth-order valence-corrected chi connectivity index (χ4v) is 3.73. The van der Waals surface area contributed by atoms with Gasteiger partial charge in [-0.3, -0.25) is 0 Å². The summed E-state index contributed by atoms with van der Waals surface area (Å²) in [5, 5.41) is 31.2. The third kappa shape index (κ3) is 18.0. The van der Waals surface area contributed by atoms with Crippen molar-refractivity contribution >= 4 is 23.5 Å². The molecule has 1 N–H and O–H groups in total. The molecule has 24 heavy (non-hydrogen) atoms. The quantitative estimate of drug-likeness (QED) is 0.248. The van der Waals surface area contributed by atoms with Crippen LogP contribution in [0.4, 0.5) is 0 Å². The van der Waals surface area contributed by atoms with Crippen LogP contribution in [-0.2, 0) is 0 Å². The van der Waals surface area contributed by atoms with Gasteiger partial charge in [-0.05, 0) is 55.1 Å². The molecule has 0 aromatic carbocycles. The van der Waals surface area contributed by atoms with E-state index in [9.17, 15) is 5.11 Å². The van der Waals surface area contributed by atoms with Crippen molar-refractivity contribution < 1.29 is 5.11 Å². The highest BCUT2D eigenvalue weighted by molar-refractivity contribution is 8.03. The maximum atomic E-state index is 10.0. The molecule has 0 saturated heterocycles. The van der Waals surface area contributed by atoms with Crippen LogP contribution in [0.3, 0.4) is 0 Å². The van der Waals surface area contributed by atoms with Crippen LogP contribution in [-0.4, -0.2) is 22.7 Å². The van der Waals surface area contributed by atoms with Gasteiger partial charge in [0.05, 0.1) is 6.10 Å². The molecule has 0 radical (unpaired) electrons. The molecular formula is C19H34N2OS2. The number of aliphatic hydroxyl groups excluding tert-OH is 1. The van der Waals surface area contributed by atoms with Crippen LogP contribution in [0, 0.1) is 27.2 Å². The molecule has 0 aliphatic rings. The van der Waals surface area contributed by atoms with Crippen molar-refractivity contribution in [2.45, 2.75) is 90.1 Å². The summed E-state index contributed by atoms with van der Waals surface area (Å²) in [5.74, 6) is 2.53. The molecule has 0 amide bonds. The number of nitriles is 2. The lowest BCUT2D eigenvalue weighted by Gasteiger charge is -2.11. The highest BCUT2D eigenvalue weighted by Gasteiger charge is 2.05. The number of thioether (sulfide) groups is 2. The Kier molecular flexibility index (Phi) is 18.7. The van der Waals surface area contributed by atoms with Gasteiger partial charge in [-0.15, -0.1) is 0 Å². The summed E-state index contributed by atoms with van der Waals surface area (Å²) in [5.41, 5.74) is 0. The normalized spacial score (nSPS) is 13.2. The van der Waals surface area contributed by atoms with Crippen LogP contribution in [0.1, 0.15) is 84.0 Å². The Bertz CT molecular complexity index is 352. The van der Waals surface area contributed by atoms with E-state index in [0.29, 0.717) is 5.92 Å². The minimum atomic E-state index is -0.122. The molecule has 5 heteroatoms. The van der Waals surface area contributed by atoms with Crippen molar-refractivity contribution in [1.29, 1.82) is 10.5 Å². The van der Waals surface area contributed by atoms with E-state index >= 15 is 0 Å². The van der Waals surface area contributed by atoms with Crippen LogP contribution in [0.2, 0.25) is 0 Å². The highest BCUT2D eigenvalue weighted by Crippen LogP contribution is 2.17. The number of hydrogen-bond acceptors (Lipinski definition) is 5. The lowest BCUT2D eigenvalue weighted by atomic mass is 10.0. The van der Waals surface area contributed by atoms with E-state index in [1.165, 1.54) is 68.5 Å². The fourth-order valence-electron chi connectivity index (χ4n) is 2.76. The number of aliphatic hydroxyl groups is 1. The minimum absolute atomic E-state index is 0.122. The van der Waals surface area contributed by atoms with Crippen molar-refractivity contribution in [2.75, 3.05) is 11.5 Å². The number of rotatable bonds is 17. The molecule has 0 bridgehead atoms. The van der Waals surface area contributed by atoms with Crippen molar-refractivity contribution in [1.82, 2.24) is 0 Å². The molecule has 0 aliphatic heterocycles. The molecule has 0 spiro atoms. The summed E-state index contributed by atoms with van der Waals surface area (Å²) in [4.78, 5) is 0. The Morgan fingerprint density at radius 1 is 0.750 bits per heavy atom. The summed E-state index contributed by atoms with van der Waals surface area (Å²) < 4.78 is 0. The first-order valence-electron chi connectivity index (χ1n) is 9.40. The molecule has 3 nitrogen and oxygen atoms in total. The lowest BCUT2D eigenvalue weighted by Crippen LogP contribution is -2.06. The van der Waals surface area contributed by atoms with Gasteiger partial charge < -0.3 is 5.11 Å². The maximum Gasteiger partial charge on any atom is 0.133 e. The van der Waals surface area contributed by atoms with E-state index < -0.39 is 0 Å². The van der Waals surface area contributed by atoms with E-state index in [2.05, 4.69) is 17.7 Å². The average molecular weight is 371 g/mol. The Morgan fingerprint density at radius 3 is 1.88 bits per heavy atom. The van der Waals surface area contributed by atoms with E-state index in [-0.39, 0.29) is 6.10 Å². The zero-order chi connectivity index (χ0) is 17.9. The standard InChI is InChI=1S/C19H34N2OS2/c1-18(15-24-17-21)11-7-6-9-13-19(22)12-8-4-2-3-5-10-14-23-16-20/h18-19,22H,2-15H2,1H3/t18-,19?/m1/s1. The van der Waals surface area contributed by atoms with Crippen LogP contribution >= 0.6 is 23.5 Å². The maximum absolute atomic E-state index is 10.0. The van der Waals surface area contributed by atoms with Crippen molar-refractivity contribution in [3.05, 3.63) is 0 Å². The van der Waals surface area contributed by atoms with Crippen LogP contribution in [0.15, 0.2) is 0 Å². The van der Waals surface area contributed by atoms with Gasteiger partial charge in [0, 0.05) is 11.5 Å². The Morgan fingerprint density at radius 2 is 1.25 bits per heavy atom. The van der Waals surface area contributed by atoms with Crippen molar-refractivity contribution in [3.8, 4) is 10.8 Å². The largest absolute Gasteiger partial charge is 0.393 e. The number of unbranched alkanes of at least 4 members (excludes halogenated alkanes) is 7. The van der Waals surface area contributed by atoms with E-state index in [1.54, 1.807) is 0 Å². The Labute approximate surface area is 157 Å². The first-order valence-corrected chi connectivity index (χ1v) is 11.4. The second-order valence-corrected chi connectivity index (χ2v) is 8.33. The molecule has 0 fully saturated rings. The smallest absolute Gasteiger partial charge is 0.133 e. The lowest BCUT2D eigenvalue weighted by molar-refractivity contribution is 0.147. The van der Waals surface area contributed by atoms with Gasteiger partial charge in [-0.25, -0.2) is 0 Å². The zero-order valence-corrected chi connectivity index (χ0v) is 16.8. The molecule has 0 heterocycles.